The van der Waals surface area contributed by atoms with Crippen LogP contribution in [0.1, 0.15) is 0 Å². The van der Waals surface area contributed by atoms with Crippen LogP contribution >= 0.6 is 11.3 Å². The van der Waals surface area contributed by atoms with Gasteiger partial charge in [-0.2, -0.15) is 0 Å². The Hall–Kier alpha value is -2.38. The molecule has 0 bridgehead atoms. The summed E-state index contributed by atoms with van der Waals surface area (Å²) in [5.41, 5.74) is 0. The Morgan fingerprint density at radius 2 is 1.24 bits per heavy atom. The molecular weight excluding hydrogens is 272 g/mol. The number of hydrogen-bond acceptors (Lipinski definition) is 1. The van der Waals surface area contributed by atoms with E-state index in [-0.39, 0.29) is 0 Å². The molecule has 1 aromatic heterocycles. The Morgan fingerprint density at radius 3 is 2.10 bits per heavy atom. The second-order valence-electron chi connectivity index (χ2n) is 5.46. The highest BCUT2D eigenvalue weighted by atomic mass is 32.1. The van der Waals surface area contributed by atoms with Crippen molar-refractivity contribution in [3.05, 3.63) is 72.8 Å². The number of thiophene rings is 1. The SMILES string of the molecule is c1ccc2cc3c(cc2c1)sc1c2ccccc2ccc31. The van der Waals surface area contributed by atoms with Crippen molar-refractivity contribution in [1.29, 1.82) is 0 Å². The van der Waals surface area contributed by atoms with Crippen LogP contribution in [-0.4, -0.2) is 0 Å². The lowest BCUT2D eigenvalue weighted by atomic mass is 10.0. The summed E-state index contributed by atoms with van der Waals surface area (Å²) in [6, 6.07) is 26.4. The molecule has 0 aliphatic heterocycles. The zero-order valence-electron chi connectivity index (χ0n) is 11.3. The standard InChI is InChI=1S/C20H12S/c1-2-7-15-12-19-18(11-14(15)6-1)17-10-9-13-5-3-4-8-16(13)20(17)21-19/h1-12H. The maximum absolute atomic E-state index is 2.33. The van der Waals surface area contributed by atoms with E-state index in [9.17, 15) is 0 Å². The summed E-state index contributed by atoms with van der Waals surface area (Å²) in [5.74, 6) is 0. The molecule has 1 heterocycles. The quantitative estimate of drug-likeness (QED) is 0.310. The fraction of sp³-hybridized carbons (Fsp3) is 0. The lowest BCUT2D eigenvalue weighted by Crippen LogP contribution is -1.73. The zero-order valence-corrected chi connectivity index (χ0v) is 12.2. The van der Waals surface area contributed by atoms with Gasteiger partial charge in [-0.25, -0.2) is 0 Å². The molecule has 5 rings (SSSR count). The lowest BCUT2D eigenvalue weighted by Gasteiger charge is -1.99. The van der Waals surface area contributed by atoms with Crippen molar-refractivity contribution in [1.82, 2.24) is 0 Å². The van der Waals surface area contributed by atoms with Gasteiger partial charge in [-0.05, 0) is 33.7 Å². The van der Waals surface area contributed by atoms with E-state index in [1.165, 1.54) is 41.7 Å². The van der Waals surface area contributed by atoms with Crippen molar-refractivity contribution < 1.29 is 0 Å². The number of rotatable bonds is 0. The monoisotopic (exact) mass is 284 g/mol. The largest absolute Gasteiger partial charge is 0.135 e. The predicted molar refractivity (Wildman–Crippen MR) is 94.3 cm³/mol. The van der Waals surface area contributed by atoms with Gasteiger partial charge in [-0.3, -0.25) is 0 Å². The van der Waals surface area contributed by atoms with Crippen LogP contribution in [0.5, 0.6) is 0 Å². The van der Waals surface area contributed by atoms with E-state index in [0.717, 1.165) is 0 Å². The molecule has 0 unspecified atom stereocenters. The molecule has 1 heteroatoms. The second-order valence-corrected chi connectivity index (χ2v) is 6.51. The summed E-state index contributed by atoms with van der Waals surface area (Å²) < 4.78 is 2.78. The molecule has 0 nitrogen and oxygen atoms in total. The first kappa shape index (κ1) is 11.3. The summed E-state index contributed by atoms with van der Waals surface area (Å²) >= 11 is 1.91. The van der Waals surface area contributed by atoms with Crippen molar-refractivity contribution in [2.24, 2.45) is 0 Å². The minimum Gasteiger partial charge on any atom is -0.135 e. The van der Waals surface area contributed by atoms with Crippen molar-refractivity contribution in [3.63, 3.8) is 0 Å². The van der Waals surface area contributed by atoms with Gasteiger partial charge in [0.2, 0.25) is 0 Å². The van der Waals surface area contributed by atoms with Crippen LogP contribution in [-0.2, 0) is 0 Å². The van der Waals surface area contributed by atoms with E-state index in [1.54, 1.807) is 0 Å². The highest BCUT2D eigenvalue weighted by Crippen LogP contribution is 2.39. The molecule has 98 valence electrons. The third kappa shape index (κ3) is 1.55. The van der Waals surface area contributed by atoms with Gasteiger partial charge in [-0.15, -0.1) is 11.3 Å². The fourth-order valence-electron chi connectivity index (χ4n) is 3.19. The first-order valence-corrected chi connectivity index (χ1v) is 7.94. The molecule has 0 saturated carbocycles. The summed E-state index contributed by atoms with van der Waals surface area (Å²) in [6.07, 6.45) is 0. The second kappa shape index (κ2) is 4.06. The van der Waals surface area contributed by atoms with E-state index in [0.29, 0.717) is 0 Å². The van der Waals surface area contributed by atoms with Crippen LogP contribution in [0.2, 0.25) is 0 Å². The Labute approximate surface area is 126 Å². The molecule has 0 radical (unpaired) electrons. The Bertz CT molecular complexity index is 1130. The summed E-state index contributed by atoms with van der Waals surface area (Å²) in [5, 5.41) is 8.07. The molecule has 0 atom stereocenters. The van der Waals surface area contributed by atoms with Crippen molar-refractivity contribution in [2.75, 3.05) is 0 Å². The van der Waals surface area contributed by atoms with Crippen LogP contribution in [0.25, 0.3) is 41.7 Å². The average molecular weight is 284 g/mol. The normalized spacial score (nSPS) is 11.8. The summed E-state index contributed by atoms with van der Waals surface area (Å²) in [7, 11) is 0. The van der Waals surface area contributed by atoms with Gasteiger partial charge in [0.1, 0.15) is 0 Å². The molecule has 0 aliphatic rings. The third-order valence-electron chi connectivity index (χ3n) is 4.23. The predicted octanol–water partition coefficient (Wildman–Crippen LogP) is 6.36. The lowest BCUT2D eigenvalue weighted by molar-refractivity contribution is 1.81. The van der Waals surface area contributed by atoms with E-state index in [4.69, 9.17) is 0 Å². The van der Waals surface area contributed by atoms with Gasteiger partial charge >= 0.3 is 0 Å². The molecule has 21 heavy (non-hydrogen) atoms. The maximum atomic E-state index is 2.33. The first-order valence-electron chi connectivity index (χ1n) is 7.13. The van der Waals surface area contributed by atoms with Crippen molar-refractivity contribution in [3.8, 4) is 0 Å². The minimum absolute atomic E-state index is 1.32. The van der Waals surface area contributed by atoms with Crippen LogP contribution in [0.3, 0.4) is 0 Å². The molecular formula is C20H12S. The highest BCUT2D eigenvalue weighted by Gasteiger charge is 2.09. The van der Waals surface area contributed by atoms with Crippen LogP contribution < -0.4 is 0 Å². The molecule has 0 spiro atoms. The van der Waals surface area contributed by atoms with Gasteiger partial charge in [0.05, 0.1) is 0 Å². The highest BCUT2D eigenvalue weighted by molar-refractivity contribution is 7.26. The van der Waals surface area contributed by atoms with E-state index >= 15 is 0 Å². The van der Waals surface area contributed by atoms with E-state index < -0.39 is 0 Å². The maximum Gasteiger partial charge on any atom is 0.0433 e. The number of hydrogen-bond donors (Lipinski definition) is 0. The summed E-state index contributed by atoms with van der Waals surface area (Å²) in [4.78, 5) is 0. The van der Waals surface area contributed by atoms with Gasteiger partial charge in [0, 0.05) is 20.2 Å². The van der Waals surface area contributed by atoms with Gasteiger partial charge < -0.3 is 0 Å². The van der Waals surface area contributed by atoms with Gasteiger partial charge in [0.25, 0.3) is 0 Å². The number of benzene rings is 4. The number of fused-ring (bicyclic) bond motifs is 6. The molecule has 0 N–H and O–H groups in total. The third-order valence-corrected chi connectivity index (χ3v) is 5.43. The van der Waals surface area contributed by atoms with Crippen molar-refractivity contribution in [2.45, 2.75) is 0 Å². The zero-order chi connectivity index (χ0) is 13.8. The molecule has 5 aromatic rings. The topological polar surface area (TPSA) is 0 Å². The molecule has 0 aliphatic carbocycles. The molecule has 0 saturated heterocycles. The minimum atomic E-state index is 1.32. The fourth-order valence-corrected chi connectivity index (χ4v) is 4.46. The first-order chi connectivity index (χ1) is 10.4. The molecule has 4 aromatic carbocycles. The smallest absolute Gasteiger partial charge is 0.0433 e. The Balaban J connectivity index is 2.04. The van der Waals surface area contributed by atoms with Crippen LogP contribution in [0, 0.1) is 0 Å². The van der Waals surface area contributed by atoms with Crippen LogP contribution in [0.4, 0.5) is 0 Å². The van der Waals surface area contributed by atoms with Crippen molar-refractivity contribution >= 4 is 53.1 Å². The van der Waals surface area contributed by atoms with Crippen LogP contribution in [0.15, 0.2) is 72.8 Å². The van der Waals surface area contributed by atoms with E-state index in [1.807, 2.05) is 11.3 Å². The molecule has 0 amide bonds. The molecule has 0 fully saturated rings. The van der Waals surface area contributed by atoms with E-state index in [2.05, 4.69) is 72.8 Å². The Morgan fingerprint density at radius 1 is 0.524 bits per heavy atom. The Kier molecular flexibility index (Phi) is 2.18. The van der Waals surface area contributed by atoms with Gasteiger partial charge in [-0.1, -0.05) is 60.7 Å². The van der Waals surface area contributed by atoms with Gasteiger partial charge in [0.15, 0.2) is 0 Å². The average Bonchev–Trinajstić information content (AvgIpc) is 2.90. The summed E-state index contributed by atoms with van der Waals surface area (Å²) in [6.45, 7) is 0.